The SMILES string of the molecule is C[C@@H]1CN([C@@H](C)CO)C(=O)c2cccc(NC(=O)C3CCCCC3)c2O[C@@H]1CN(C)C(=O)Nc1ccc2c(c1)OCO2. The molecule has 2 heterocycles. The van der Waals surface area contributed by atoms with Gasteiger partial charge < -0.3 is 39.8 Å². The van der Waals surface area contributed by atoms with Crippen molar-refractivity contribution in [1.82, 2.24) is 9.80 Å². The van der Waals surface area contributed by atoms with Crippen LogP contribution in [-0.2, 0) is 4.79 Å². The predicted octanol–water partition coefficient (Wildman–Crippen LogP) is 4.32. The molecule has 3 aliphatic rings. The Morgan fingerprint density at radius 3 is 2.62 bits per heavy atom. The number of hydrogen-bond acceptors (Lipinski definition) is 7. The maximum atomic E-state index is 13.7. The van der Waals surface area contributed by atoms with Gasteiger partial charge in [-0.2, -0.15) is 0 Å². The molecule has 42 heavy (non-hydrogen) atoms. The first-order valence-electron chi connectivity index (χ1n) is 14.7. The summed E-state index contributed by atoms with van der Waals surface area (Å²) in [7, 11) is 1.67. The van der Waals surface area contributed by atoms with Gasteiger partial charge in [-0.3, -0.25) is 9.59 Å². The van der Waals surface area contributed by atoms with Gasteiger partial charge in [0.2, 0.25) is 12.7 Å². The van der Waals surface area contributed by atoms with E-state index in [9.17, 15) is 19.5 Å². The smallest absolute Gasteiger partial charge is 0.321 e. The molecule has 3 N–H and O–H groups in total. The monoisotopic (exact) mass is 580 g/mol. The highest BCUT2D eigenvalue weighted by Crippen LogP contribution is 2.37. The zero-order valence-electron chi connectivity index (χ0n) is 24.4. The molecule has 0 unspecified atom stereocenters. The van der Waals surface area contributed by atoms with Crippen molar-refractivity contribution >= 4 is 29.2 Å². The topological polar surface area (TPSA) is 130 Å². The molecule has 3 atom stereocenters. The first kappa shape index (κ1) is 29.5. The summed E-state index contributed by atoms with van der Waals surface area (Å²) >= 11 is 0. The molecular weight excluding hydrogens is 540 g/mol. The first-order valence-corrected chi connectivity index (χ1v) is 14.7. The van der Waals surface area contributed by atoms with Crippen molar-refractivity contribution in [3.63, 3.8) is 0 Å². The standard InChI is InChI=1S/C31H40N4O7/c1-19-15-35(20(2)17-36)30(38)23-10-7-11-24(33-29(37)21-8-5-4-6-9-21)28(23)42-27(19)16-34(3)31(39)32-22-12-13-25-26(14-22)41-18-40-25/h7,10-14,19-21,27,36H,4-6,8-9,15-18H2,1-3H3,(H,32,39)(H,33,37)/t19-,20+,27-/m1/s1. The van der Waals surface area contributed by atoms with E-state index in [1.807, 2.05) is 6.92 Å². The third-order valence-corrected chi connectivity index (χ3v) is 8.35. The molecule has 2 aliphatic heterocycles. The van der Waals surface area contributed by atoms with Crippen LogP contribution in [0.25, 0.3) is 0 Å². The van der Waals surface area contributed by atoms with Crippen LogP contribution in [0, 0.1) is 11.8 Å². The van der Waals surface area contributed by atoms with Crippen LogP contribution in [0.15, 0.2) is 36.4 Å². The van der Waals surface area contributed by atoms with Gasteiger partial charge in [-0.05, 0) is 44.0 Å². The minimum absolute atomic E-state index is 0.0772. The highest BCUT2D eigenvalue weighted by molar-refractivity contribution is 6.02. The normalized spacial score (nSPS) is 21.0. The number of hydrogen-bond donors (Lipinski definition) is 3. The molecule has 226 valence electrons. The van der Waals surface area contributed by atoms with E-state index in [0.717, 1.165) is 32.1 Å². The maximum Gasteiger partial charge on any atom is 0.321 e. The van der Waals surface area contributed by atoms with Crippen molar-refractivity contribution in [2.75, 3.05) is 44.2 Å². The highest BCUT2D eigenvalue weighted by Gasteiger charge is 2.35. The Morgan fingerprint density at radius 2 is 1.86 bits per heavy atom. The summed E-state index contributed by atoms with van der Waals surface area (Å²) in [6, 6.07) is 9.56. The molecule has 11 nitrogen and oxygen atoms in total. The fourth-order valence-corrected chi connectivity index (χ4v) is 5.71. The van der Waals surface area contributed by atoms with Crippen LogP contribution in [0.4, 0.5) is 16.2 Å². The Bertz CT molecular complexity index is 1310. The summed E-state index contributed by atoms with van der Waals surface area (Å²) in [5.41, 5.74) is 1.30. The van der Waals surface area contributed by atoms with Crippen LogP contribution in [0.3, 0.4) is 0 Å². The van der Waals surface area contributed by atoms with Crippen LogP contribution in [-0.4, -0.2) is 78.4 Å². The van der Waals surface area contributed by atoms with Crippen molar-refractivity contribution in [1.29, 1.82) is 0 Å². The zero-order chi connectivity index (χ0) is 29.8. The number of carbonyl (C=O) groups excluding carboxylic acids is 3. The minimum Gasteiger partial charge on any atom is -0.485 e. The van der Waals surface area contributed by atoms with Gasteiger partial charge in [0.25, 0.3) is 5.91 Å². The largest absolute Gasteiger partial charge is 0.485 e. The number of para-hydroxylation sites is 1. The van der Waals surface area contributed by atoms with Gasteiger partial charge in [0.05, 0.1) is 30.4 Å². The second kappa shape index (κ2) is 12.9. The van der Waals surface area contributed by atoms with E-state index in [2.05, 4.69) is 10.6 Å². The predicted molar refractivity (Wildman–Crippen MR) is 157 cm³/mol. The van der Waals surface area contributed by atoms with Gasteiger partial charge in [-0.1, -0.05) is 32.3 Å². The van der Waals surface area contributed by atoms with Gasteiger partial charge in [0.15, 0.2) is 17.2 Å². The molecule has 0 spiro atoms. The summed E-state index contributed by atoms with van der Waals surface area (Å²) in [5, 5.41) is 15.9. The number of rotatable bonds is 7. The van der Waals surface area contributed by atoms with Gasteiger partial charge in [0, 0.05) is 37.2 Å². The number of carbonyl (C=O) groups is 3. The summed E-state index contributed by atoms with van der Waals surface area (Å²) in [6.45, 7) is 4.21. The number of amides is 4. The number of urea groups is 1. The number of nitrogens with one attached hydrogen (secondary N) is 2. The van der Waals surface area contributed by atoms with Crippen LogP contribution in [0.1, 0.15) is 56.3 Å². The van der Waals surface area contributed by atoms with E-state index >= 15 is 0 Å². The minimum atomic E-state index is -0.523. The van der Waals surface area contributed by atoms with Crippen molar-refractivity contribution < 1.29 is 33.7 Å². The molecular formula is C31H40N4O7. The Morgan fingerprint density at radius 1 is 1.10 bits per heavy atom. The number of ether oxygens (including phenoxy) is 3. The number of nitrogens with zero attached hydrogens (tertiary/aromatic N) is 2. The molecule has 4 amide bonds. The molecule has 0 bridgehead atoms. The van der Waals surface area contributed by atoms with Crippen LogP contribution >= 0.6 is 0 Å². The molecule has 2 aromatic rings. The van der Waals surface area contributed by atoms with Crippen LogP contribution < -0.4 is 24.8 Å². The molecule has 1 aliphatic carbocycles. The van der Waals surface area contributed by atoms with Gasteiger partial charge >= 0.3 is 6.03 Å². The number of aliphatic hydroxyl groups excluding tert-OH is 1. The van der Waals surface area contributed by atoms with E-state index in [1.54, 1.807) is 55.3 Å². The summed E-state index contributed by atoms with van der Waals surface area (Å²) in [6.07, 6.45) is 4.33. The van der Waals surface area contributed by atoms with Crippen molar-refractivity contribution in [2.45, 2.75) is 58.1 Å². The van der Waals surface area contributed by atoms with E-state index in [4.69, 9.17) is 14.2 Å². The lowest BCUT2D eigenvalue weighted by molar-refractivity contribution is -0.120. The molecule has 1 fully saturated rings. The number of anilines is 2. The summed E-state index contributed by atoms with van der Waals surface area (Å²) in [5.74, 6) is 0.826. The lowest BCUT2D eigenvalue weighted by Crippen LogP contribution is -2.50. The van der Waals surface area contributed by atoms with Gasteiger partial charge in [-0.15, -0.1) is 0 Å². The third-order valence-electron chi connectivity index (χ3n) is 8.35. The van der Waals surface area contributed by atoms with Crippen LogP contribution in [0.2, 0.25) is 0 Å². The van der Waals surface area contributed by atoms with E-state index in [0.29, 0.717) is 35.0 Å². The Hall–Kier alpha value is -3.99. The Labute approximate surface area is 246 Å². The fraction of sp³-hybridized carbons (Fsp3) is 0.516. The first-order chi connectivity index (χ1) is 20.2. The molecule has 0 saturated heterocycles. The molecule has 0 radical (unpaired) electrons. The summed E-state index contributed by atoms with van der Waals surface area (Å²) in [4.78, 5) is 43.3. The second-order valence-corrected chi connectivity index (χ2v) is 11.5. The maximum absolute atomic E-state index is 13.7. The Kier molecular flexibility index (Phi) is 9.06. The number of aliphatic hydroxyl groups is 1. The van der Waals surface area contributed by atoms with Crippen LogP contribution in [0.5, 0.6) is 17.2 Å². The molecule has 1 saturated carbocycles. The fourth-order valence-electron chi connectivity index (χ4n) is 5.71. The van der Waals surface area contributed by atoms with Crippen molar-refractivity contribution in [3.8, 4) is 17.2 Å². The third kappa shape index (κ3) is 6.41. The summed E-state index contributed by atoms with van der Waals surface area (Å²) < 4.78 is 17.3. The molecule has 5 rings (SSSR count). The second-order valence-electron chi connectivity index (χ2n) is 11.5. The highest BCUT2D eigenvalue weighted by atomic mass is 16.7. The quantitative estimate of drug-likeness (QED) is 0.445. The lowest BCUT2D eigenvalue weighted by Gasteiger charge is -2.38. The van der Waals surface area contributed by atoms with Gasteiger partial charge in [0.1, 0.15) is 6.10 Å². The number of likely N-dealkylation sites (N-methyl/N-ethyl adjacent to an activating group) is 1. The van der Waals surface area contributed by atoms with Crippen molar-refractivity contribution in [2.24, 2.45) is 11.8 Å². The van der Waals surface area contributed by atoms with E-state index < -0.39 is 12.1 Å². The molecule has 11 heteroatoms. The Balaban J connectivity index is 1.39. The average Bonchev–Trinajstić information content (AvgIpc) is 3.47. The lowest BCUT2D eigenvalue weighted by atomic mass is 9.88. The van der Waals surface area contributed by atoms with E-state index in [1.165, 1.54) is 4.90 Å². The van der Waals surface area contributed by atoms with Gasteiger partial charge in [-0.25, -0.2) is 4.79 Å². The number of fused-ring (bicyclic) bond motifs is 2. The molecule has 0 aromatic heterocycles. The zero-order valence-corrected chi connectivity index (χ0v) is 24.4. The molecule has 2 aromatic carbocycles. The average molecular weight is 581 g/mol. The number of benzene rings is 2. The van der Waals surface area contributed by atoms with E-state index in [-0.39, 0.29) is 55.4 Å². The van der Waals surface area contributed by atoms with Crippen molar-refractivity contribution in [3.05, 3.63) is 42.0 Å².